The fourth-order valence-corrected chi connectivity index (χ4v) is 4.45. The number of hydrogen-bond acceptors (Lipinski definition) is 8. The Morgan fingerprint density at radius 1 is 1.05 bits per heavy atom. The lowest BCUT2D eigenvalue weighted by atomic mass is 10.0. The number of nitrogens with one attached hydrogen (secondary N) is 4. The Labute approximate surface area is 208 Å². The first-order chi connectivity index (χ1) is 18.0. The summed E-state index contributed by atoms with van der Waals surface area (Å²) >= 11 is 0. The molecule has 184 valence electrons. The van der Waals surface area contributed by atoms with Gasteiger partial charge in [-0.3, -0.25) is 14.6 Å². The zero-order chi connectivity index (χ0) is 25.4. The van der Waals surface area contributed by atoms with Gasteiger partial charge in [-0.2, -0.15) is 5.10 Å². The molecule has 0 spiro atoms. The molecule has 37 heavy (non-hydrogen) atoms. The van der Waals surface area contributed by atoms with Crippen molar-refractivity contribution in [2.75, 3.05) is 0 Å². The number of aryl methyl sites for hydroxylation is 1. The van der Waals surface area contributed by atoms with Crippen LogP contribution in [0.2, 0.25) is 0 Å². The molecule has 0 unspecified atom stereocenters. The van der Waals surface area contributed by atoms with Crippen molar-refractivity contribution in [3.63, 3.8) is 0 Å². The highest BCUT2D eigenvalue weighted by molar-refractivity contribution is 5.97. The fourth-order valence-electron chi connectivity index (χ4n) is 4.45. The Morgan fingerprint density at radius 3 is 2.76 bits per heavy atom. The van der Waals surface area contributed by atoms with E-state index < -0.39 is 11.8 Å². The number of hydrogen-bond donors (Lipinski definition) is 4. The van der Waals surface area contributed by atoms with Gasteiger partial charge in [0.2, 0.25) is 0 Å². The first-order valence-electron chi connectivity index (χ1n) is 11.6. The Morgan fingerprint density at radius 2 is 1.92 bits per heavy atom. The SMILES string of the molecule is O=C(NCc1ccc2cnoc2c1)c1cc(C(=O)N[C@H]2CCc3cc(-c4n[nH]c(=O)[nH]4)ccc32)ncn1. The van der Waals surface area contributed by atoms with Crippen LogP contribution in [0.1, 0.15) is 50.1 Å². The lowest BCUT2D eigenvalue weighted by molar-refractivity contribution is 0.0931. The average molecular weight is 496 g/mol. The summed E-state index contributed by atoms with van der Waals surface area (Å²) in [5.74, 6) is -0.361. The van der Waals surface area contributed by atoms with Gasteiger partial charge in [-0.15, -0.1) is 0 Å². The number of carbonyl (C=O) groups is 2. The standard InChI is InChI=1S/C25H20N8O4/c34-23(26-10-13-1-2-16-11-29-37-21(16)7-13)19-9-20(28-12-27-19)24(35)30-18-6-4-14-8-15(3-5-17(14)18)22-31-25(36)33-32-22/h1-3,5,7-9,11-12,18H,4,6,10H2,(H,26,34)(H,30,35)(H2,31,32,33,36)/t18-/m0/s1. The minimum absolute atomic E-state index is 0.0883. The van der Waals surface area contributed by atoms with Crippen LogP contribution in [-0.4, -0.2) is 42.1 Å². The number of benzene rings is 2. The molecule has 3 aromatic heterocycles. The quantitative estimate of drug-likeness (QED) is 0.276. The van der Waals surface area contributed by atoms with Crippen LogP contribution in [0.5, 0.6) is 0 Å². The summed E-state index contributed by atoms with van der Waals surface area (Å²) < 4.78 is 5.15. The minimum Gasteiger partial charge on any atom is -0.356 e. The topological polar surface area (TPSA) is 172 Å². The molecule has 0 saturated carbocycles. The van der Waals surface area contributed by atoms with Gasteiger partial charge >= 0.3 is 5.69 Å². The monoisotopic (exact) mass is 496 g/mol. The van der Waals surface area contributed by atoms with Crippen LogP contribution < -0.4 is 16.3 Å². The molecule has 2 aromatic carbocycles. The summed E-state index contributed by atoms with van der Waals surface area (Å²) in [6, 6.07) is 12.4. The zero-order valence-electron chi connectivity index (χ0n) is 19.3. The highest BCUT2D eigenvalue weighted by Crippen LogP contribution is 2.33. The number of nitrogens with zero attached hydrogens (tertiary/aromatic N) is 4. The van der Waals surface area contributed by atoms with Crippen LogP contribution in [-0.2, 0) is 13.0 Å². The molecule has 2 amide bonds. The van der Waals surface area contributed by atoms with Crippen LogP contribution >= 0.6 is 0 Å². The first-order valence-corrected chi connectivity index (χ1v) is 11.6. The Balaban J connectivity index is 1.12. The number of rotatable bonds is 6. The number of aromatic amines is 2. The highest BCUT2D eigenvalue weighted by atomic mass is 16.5. The second-order valence-corrected chi connectivity index (χ2v) is 8.67. The molecule has 0 saturated heterocycles. The third-order valence-corrected chi connectivity index (χ3v) is 6.31. The summed E-state index contributed by atoms with van der Waals surface area (Å²) in [4.78, 5) is 47.7. The molecule has 6 rings (SSSR count). The van der Waals surface area contributed by atoms with Crippen LogP contribution in [0.4, 0.5) is 0 Å². The summed E-state index contributed by atoms with van der Waals surface area (Å²) in [5, 5.41) is 16.7. The van der Waals surface area contributed by atoms with E-state index >= 15 is 0 Å². The molecule has 1 atom stereocenters. The maximum absolute atomic E-state index is 13.0. The number of amides is 2. The molecule has 5 aromatic rings. The van der Waals surface area contributed by atoms with Crippen molar-refractivity contribution < 1.29 is 14.1 Å². The molecule has 12 nitrogen and oxygen atoms in total. The second-order valence-electron chi connectivity index (χ2n) is 8.67. The molecular formula is C25H20N8O4. The fraction of sp³-hybridized carbons (Fsp3) is 0.160. The van der Waals surface area contributed by atoms with Gasteiger partial charge in [0.05, 0.1) is 12.2 Å². The van der Waals surface area contributed by atoms with Crippen LogP contribution in [0.25, 0.3) is 22.4 Å². The van der Waals surface area contributed by atoms with Gasteiger partial charge in [-0.1, -0.05) is 23.4 Å². The van der Waals surface area contributed by atoms with E-state index in [0.717, 1.165) is 40.5 Å². The molecule has 0 aliphatic heterocycles. The first kappa shape index (κ1) is 22.3. The van der Waals surface area contributed by atoms with Crippen molar-refractivity contribution in [1.82, 2.24) is 40.9 Å². The Bertz CT molecular complexity index is 1700. The second kappa shape index (κ2) is 9.15. The molecule has 4 N–H and O–H groups in total. The van der Waals surface area contributed by atoms with Crippen molar-refractivity contribution in [1.29, 1.82) is 0 Å². The van der Waals surface area contributed by atoms with Gasteiger partial charge in [0.25, 0.3) is 11.8 Å². The maximum Gasteiger partial charge on any atom is 0.340 e. The van der Waals surface area contributed by atoms with E-state index in [-0.39, 0.29) is 29.7 Å². The van der Waals surface area contributed by atoms with Crippen molar-refractivity contribution >= 4 is 22.8 Å². The van der Waals surface area contributed by atoms with Crippen molar-refractivity contribution in [3.8, 4) is 11.4 Å². The van der Waals surface area contributed by atoms with E-state index in [0.29, 0.717) is 11.4 Å². The van der Waals surface area contributed by atoms with Gasteiger partial charge < -0.3 is 15.2 Å². The van der Waals surface area contributed by atoms with Crippen molar-refractivity contribution in [2.45, 2.75) is 25.4 Å². The minimum atomic E-state index is -0.427. The smallest absolute Gasteiger partial charge is 0.340 e. The number of aromatic nitrogens is 6. The molecule has 0 bridgehead atoms. The highest BCUT2D eigenvalue weighted by Gasteiger charge is 2.26. The van der Waals surface area contributed by atoms with Crippen molar-refractivity contribution in [2.24, 2.45) is 0 Å². The van der Waals surface area contributed by atoms with Crippen LogP contribution in [0, 0.1) is 0 Å². The molecule has 1 aliphatic carbocycles. The van der Waals surface area contributed by atoms with Gasteiger partial charge in [0.15, 0.2) is 11.4 Å². The van der Waals surface area contributed by atoms with Gasteiger partial charge in [0, 0.05) is 23.6 Å². The summed E-state index contributed by atoms with van der Waals surface area (Å²) in [5.41, 5.74) is 4.14. The molecule has 12 heteroatoms. The summed E-state index contributed by atoms with van der Waals surface area (Å²) in [6.45, 7) is 0.258. The molecule has 3 heterocycles. The molecule has 0 fully saturated rings. The average Bonchev–Trinajstić information content (AvgIpc) is 3.67. The maximum atomic E-state index is 13.0. The number of H-pyrrole nitrogens is 2. The lowest BCUT2D eigenvalue weighted by Gasteiger charge is -2.14. The largest absolute Gasteiger partial charge is 0.356 e. The van der Waals surface area contributed by atoms with Gasteiger partial charge in [-0.05, 0) is 47.7 Å². The van der Waals surface area contributed by atoms with E-state index in [1.54, 1.807) is 12.3 Å². The normalized spacial score (nSPS) is 14.4. The van der Waals surface area contributed by atoms with Crippen LogP contribution in [0.3, 0.4) is 0 Å². The number of fused-ring (bicyclic) bond motifs is 2. The summed E-state index contributed by atoms with van der Waals surface area (Å²) in [7, 11) is 0. The third kappa shape index (κ3) is 4.47. The molecule has 0 radical (unpaired) electrons. The van der Waals surface area contributed by atoms with E-state index in [1.807, 2.05) is 30.3 Å². The molecule has 1 aliphatic rings. The zero-order valence-corrected chi connectivity index (χ0v) is 19.3. The lowest BCUT2D eigenvalue weighted by Crippen LogP contribution is -2.29. The van der Waals surface area contributed by atoms with Crippen molar-refractivity contribution in [3.05, 3.63) is 93.6 Å². The van der Waals surface area contributed by atoms with Gasteiger partial charge in [-0.25, -0.2) is 19.9 Å². The molecular weight excluding hydrogens is 476 g/mol. The summed E-state index contributed by atoms with van der Waals surface area (Å²) in [6.07, 6.45) is 4.30. The Hall–Kier alpha value is -5.13. The van der Waals surface area contributed by atoms with E-state index in [4.69, 9.17) is 4.52 Å². The predicted octanol–water partition coefficient (Wildman–Crippen LogP) is 2.04. The predicted molar refractivity (Wildman–Crippen MR) is 130 cm³/mol. The number of carbonyl (C=O) groups excluding carboxylic acids is 2. The van der Waals surface area contributed by atoms with E-state index in [9.17, 15) is 14.4 Å². The van der Waals surface area contributed by atoms with E-state index in [1.165, 1.54) is 12.4 Å². The van der Waals surface area contributed by atoms with Gasteiger partial charge in [0.1, 0.15) is 17.7 Å². The Kier molecular flexibility index (Phi) is 5.52. The van der Waals surface area contributed by atoms with E-state index in [2.05, 4.69) is 40.9 Å². The third-order valence-electron chi connectivity index (χ3n) is 6.31. The van der Waals surface area contributed by atoms with Crippen LogP contribution in [0.15, 0.2) is 64.3 Å².